The number of rotatable bonds is 8. The van der Waals surface area contributed by atoms with Gasteiger partial charge in [-0.15, -0.1) is 10.2 Å². The molecule has 25 heavy (non-hydrogen) atoms. The van der Waals surface area contributed by atoms with Gasteiger partial charge in [0.25, 0.3) is 0 Å². The van der Waals surface area contributed by atoms with E-state index in [1.807, 2.05) is 11.8 Å². The van der Waals surface area contributed by atoms with E-state index in [1.54, 1.807) is 0 Å². The number of amides is 2. The summed E-state index contributed by atoms with van der Waals surface area (Å²) in [7, 11) is 0. The summed E-state index contributed by atoms with van der Waals surface area (Å²) in [6.07, 6.45) is 2.12. The van der Waals surface area contributed by atoms with Crippen LogP contribution in [-0.2, 0) is 9.59 Å². The molecule has 1 saturated heterocycles. The van der Waals surface area contributed by atoms with Crippen LogP contribution in [0.3, 0.4) is 0 Å². The quantitative estimate of drug-likeness (QED) is 0.674. The normalized spacial score (nSPS) is 20.5. The molecule has 2 atom stereocenters. The second kappa shape index (κ2) is 10.4. The summed E-state index contributed by atoms with van der Waals surface area (Å²) in [5.74, 6) is 2.08. The van der Waals surface area contributed by atoms with E-state index in [9.17, 15) is 9.59 Å². The molecule has 1 aromatic heterocycles. The van der Waals surface area contributed by atoms with Gasteiger partial charge in [-0.2, -0.15) is 0 Å². The van der Waals surface area contributed by atoms with Crippen molar-refractivity contribution in [3.05, 3.63) is 0 Å². The van der Waals surface area contributed by atoms with Gasteiger partial charge in [-0.05, 0) is 24.7 Å². The van der Waals surface area contributed by atoms with E-state index in [-0.39, 0.29) is 11.8 Å². The van der Waals surface area contributed by atoms with Crippen LogP contribution in [0.5, 0.6) is 0 Å². The minimum atomic E-state index is 0.0137. The Morgan fingerprint density at radius 3 is 2.36 bits per heavy atom. The fraction of sp³-hybridized carbons (Fsp3) is 0.750. The largest absolute Gasteiger partial charge is 0.355 e. The van der Waals surface area contributed by atoms with Crippen LogP contribution in [0.15, 0.2) is 8.68 Å². The fourth-order valence-corrected chi connectivity index (χ4v) is 5.59. The van der Waals surface area contributed by atoms with E-state index in [4.69, 9.17) is 0 Å². The molecule has 0 aliphatic carbocycles. The van der Waals surface area contributed by atoms with E-state index >= 15 is 0 Å². The van der Waals surface area contributed by atoms with Crippen molar-refractivity contribution < 1.29 is 9.59 Å². The zero-order valence-corrected chi connectivity index (χ0v) is 17.4. The van der Waals surface area contributed by atoms with Gasteiger partial charge in [0.2, 0.25) is 11.8 Å². The number of nitrogens with one attached hydrogen (secondary N) is 1. The zero-order valence-electron chi connectivity index (χ0n) is 15.0. The van der Waals surface area contributed by atoms with Gasteiger partial charge in [0.15, 0.2) is 8.68 Å². The molecule has 2 heterocycles. The Bertz CT molecular complexity index is 571. The molecule has 6 nitrogen and oxygen atoms in total. The molecule has 9 heteroatoms. The molecule has 1 aliphatic rings. The average molecular weight is 403 g/mol. The van der Waals surface area contributed by atoms with Crippen LogP contribution in [0.2, 0.25) is 0 Å². The summed E-state index contributed by atoms with van der Waals surface area (Å²) < 4.78 is 1.55. The molecule has 0 bridgehead atoms. The number of aromatic nitrogens is 2. The SMILES string of the molecule is CCCNC(=O)CSc1nnc(SCC(=O)N2C[C@H](C)C[C@H](C)C2)s1. The van der Waals surface area contributed by atoms with Gasteiger partial charge in [0, 0.05) is 19.6 Å². The Hall–Kier alpha value is -0.800. The molecule has 0 spiro atoms. The molecule has 2 rings (SSSR count). The van der Waals surface area contributed by atoms with Crippen LogP contribution in [0.4, 0.5) is 0 Å². The molecule has 1 fully saturated rings. The standard InChI is InChI=1S/C16H26N4O2S3/c1-4-5-17-13(21)9-23-15-18-19-16(25-15)24-10-14(22)20-7-11(2)6-12(3)8-20/h11-12H,4-10H2,1-3H3,(H,17,21)/t11-,12+. The number of likely N-dealkylation sites (tertiary alicyclic amines) is 1. The van der Waals surface area contributed by atoms with Crippen LogP contribution in [-0.4, -0.2) is 58.1 Å². The first-order valence-electron chi connectivity index (χ1n) is 8.61. The average Bonchev–Trinajstić information content (AvgIpc) is 3.03. The predicted molar refractivity (Wildman–Crippen MR) is 104 cm³/mol. The summed E-state index contributed by atoms with van der Waals surface area (Å²) in [5.41, 5.74) is 0. The van der Waals surface area contributed by atoms with Gasteiger partial charge in [0.05, 0.1) is 11.5 Å². The molecular weight excluding hydrogens is 376 g/mol. The Morgan fingerprint density at radius 1 is 1.16 bits per heavy atom. The van der Waals surface area contributed by atoms with Crippen molar-refractivity contribution in [3.8, 4) is 0 Å². The Kier molecular flexibility index (Phi) is 8.51. The minimum absolute atomic E-state index is 0.0137. The Balaban J connectivity index is 1.73. The summed E-state index contributed by atoms with van der Waals surface area (Å²) in [6, 6.07) is 0. The van der Waals surface area contributed by atoms with Crippen molar-refractivity contribution in [2.45, 2.75) is 42.3 Å². The summed E-state index contributed by atoms with van der Waals surface area (Å²) >= 11 is 4.26. The monoisotopic (exact) mass is 402 g/mol. The van der Waals surface area contributed by atoms with Crippen LogP contribution in [0.25, 0.3) is 0 Å². The second-order valence-electron chi connectivity index (χ2n) is 6.51. The third-order valence-electron chi connectivity index (χ3n) is 3.83. The first-order valence-corrected chi connectivity index (χ1v) is 11.4. The Morgan fingerprint density at radius 2 is 1.76 bits per heavy atom. The number of nitrogens with zero attached hydrogens (tertiary/aromatic N) is 3. The predicted octanol–water partition coefficient (Wildman–Crippen LogP) is 2.75. The van der Waals surface area contributed by atoms with Crippen LogP contribution in [0, 0.1) is 11.8 Å². The van der Waals surface area contributed by atoms with Crippen molar-refractivity contribution in [3.63, 3.8) is 0 Å². The molecule has 0 saturated carbocycles. The lowest BCUT2D eigenvalue weighted by Crippen LogP contribution is -2.43. The maximum atomic E-state index is 12.4. The molecule has 0 radical (unpaired) electrons. The van der Waals surface area contributed by atoms with Crippen molar-refractivity contribution >= 4 is 46.7 Å². The van der Waals surface area contributed by atoms with Crippen LogP contribution >= 0.6 is 34.9 Å². The lowest BCUT2D eigenvalue weighted by Gasteiger charge is -2.34. The highest BCUT2D eigenvalue weighted by Crippen LogP contribution is 2.29. The van der Waals surface area contributed by atoms with Crippen LogP contribution in [0.1, 0.15) is 33.6 Å². The fourth-order valence-electron chi connectivity index (χ4n) is 2.84. The van der Waals surface area contributed by atoms with Crippen molar-refractivity contribution in [2.24, 2.45) is 11.8 Å². The number of thioether (sulfide) groups is 2. The maximum absolute atomic E-state index is 12.4. The number of hydrogen-bond donors (Lipinski definition) is 1. The Labute approximate surface area is 161 Å². The third kappa shape index (κ3) is 7.15. The summed E-state index contributed by atoms with van der Waals surface area (Å²) in [5, 5.41) is 11.0. The number of hydrogen-bond acceptors (Lipinski definition) is 7. The van der Waals surface area contributed by atoms with Crippen LogP contribution < -0.4 is 5.32 Å². The number of piperidine rings is 1. The first kappa shape index (κ1) is 20.5. The van der Waals surface area contributed by atoms with Crippen molar-refractivity contribution in [1.82, 2.24) is 20.4 Å². The summed E-state index contributed by atoms with van der Waals surface area (Å²) in [6.45, 7) is 8.84. The van der Waals surface area contributed by atoms with Gasteiger partial charge in [-0.25, -0.2) is 0 Å². The van der Waals surface area contributed by atoms with Gasteiger partial charge < -0.3 is 10.2 Å². The zero-order chi connectivity index (χ0) is 18.2. The lowest BCUT2D eigenvalue weighted by atomic mass is 9.92. The van der Waals surface area contributed by atoms with Gasteiger partial charge in [0.1, 0.15) is 0 Å². The van der Waals surface area contributed by atoms with E-state index < -0.39 is 0 Å². The highest BCUT2D eigenvalue weighted by atomic mass is 32.2. The van der Waals surface area contributed by atoms with E-state index in [2.05, 4.69) is 29.4 Å². The van der Waals surface area contributed by atoms with Gasteiger partial charge in [-0.3, -0.25) is 9.59 Å². The van der Waals surface area contributed by atoms with E-state index in [0.717, 1.165) is 28.2 Å². The first-order chi connectivity index (χ1) is 12.0. The van der Waals surface area contributed by atoms with E-state index in [0.29, 0.717) is 29.9 Å². The lowest BCUT2D eigenvalue weighted by molar-refractivity contribution is -0.131. The molecule has 2 amide bonds. The number of carbonyl (C=O) groups is 2. The highest BCUT2D eigenvalue weighted by Gasteiger charge is 2.25. The van der Waals surface area contributed by atoms with Gasteiger partial charge in [-0.1, -0.05) is 55.6 Å². The number of carbonyl (C=O) groups excluding carboxylic acids is 2. The van der Waals surface area contributed by atoms with Crippen molar-refractivity contribution in [2.75, 3.05) is 31.1 Å². The summed E-state index contributed by atoms with van der Waals surface area (Å²) in [4.78, 5) is 26.0. The topological polar surface area (TPSA) is 75.2 Å². The molecule has 0 unspecified atom stereocenters. The molecule has 0 aromatic carbocycles. The smallest absolute Gasteiger partial charge is 0.233 e. The van der Waals surface area contributed by atoms with Crippen molar-refractivity contribution in [1.29, 1.82) is 0 Å². The molecule has 1 aromatic rings. The maximum Gasteiger partial charge on any atom is 0.233 e. The highest BCUT2D eigenvalue weighted by molar-refractivity contribution is 8.03. The second-order valence-corrected chi connectivity index (χ2v) is 9.93. The third-order valence-corrected chi connectivity index (χ3v) is 7.00. The van der Waals surface area contributed by atoms with E-state index in [1.165, 1.54) is 41.3 Å². The minimum Gasteiger partial charge on any atom is -0.355 e. The molecule has 1 N–H and O–H groups in total. The van der Waals surface area contributed by atoms with Gasteiger partial charge >= 0.3 is 0 Å². The molecule has 1 aliphatic heterocycles. The molecular formula is C16H26N4O2S3. The molecule has 140 valence electrons.